The van der Waals surface area contributed by atoms with Crippen LogP contribution in [0.5, 0.6) is 0 Å². The van der Waals surface area contributed by atoms with Crippen molar-refractivity contribution in [2.24, 2.45) is 0 Å². The van der Waals surface area contributed by atoms with Crippen LogP contribution in [-0.4, -0.2) is 6.29 Å². The first-order valence-corrected chi connectivity index (χ1v) is 6.19. The third-order valence-electron chi connectivity index (χ3n) is 2.35. The topological polar surface area (TPSA) is 17.1 Å². The summed E-state index contributed by atoms with van der Waals surface area (Å²) in [6.07, 6.45) is 0.813. The van der Waals surface area contributed by atoms with E-state index in [9.17, 15) is 9.18 Å². The number of carbonyl (C=O) groups excluding carboxylic acids is 1. The van der Waals surface area contributed by atoms with Gasteiger partial charge in [-0.2, -0.15) is 0 Å². The Morgan fingerprint density at radius 1 is 1.12 bits per heavy atom. The van der Waals surface area contributed by atoms with Gasteiger partial charge in [0.2, 0.25) is 0 Å². The Morgan fingerprint density at radius 2 is 1.94 bits per heavy atom. The molecule has 0 saturated carbocycles. The second kappa shape index (κ2) is 5.64. The van der Waals surface area contributed by atoms with E-state index >= 15 is 0 Å². The molecule has 3 heteroatoms. The number of halogens is 1. The van der Waals surface area contributed by atoms with Crippen LogP contribution < -0.4 is 0 Å². The minimum Gasteiger partial charge on any atom is -0.298 e. The molecule has 0 amide bonds. The number of hydrogen-bond acceptors (Lipinski definition) is 2. The lowest BCUT2D eigenvalue weighted by atomic mass is 10.2. The normalized spacial score (nSPS) is 10.2. The summed E-state index contributed by atoms with van der Waals surface area (Å²) in [6, 6.07) is 14.0. The Balaban J connectivity index is 2.07. The standard InChI is InChI=1S/C14H11FOS/c15-14-7-2-1-5-12(14)10-17-13-6-3-4-11(8-13)9-16/h1-9H,10H2. The number of benzene rings is 2. The zero-order valence-corrected chi connectivity index (χ0v) is 9.91. The first kappa shape index (κ1) is 11.9. The summed E-state index contributed by atoms with van der Waals surface area (Å²) in [5.74, 6) is 0.376. The Bertz CT molecular complexity index is 525. The van der Waals surface area contributed by atoms with E-state index < -0.39 is 0 Å². The van der Waals surface area contributed by atoms with Gasteiger partial charge in [0.1, 0.15) is 12.1 Å². The van der Waals surface area contributed by atoms with Gasteiger partial charge in [-0.3, -0.25) is 4.79 Å². The van der Waals surface area contributed by atoms with Crippen LogP contribution in [0.2, 0.25) is 0 Å². The van der Waals surface area contributed by atoms with Gasteiger partial charge in [0.05, 0.1) is 0 Å². The van der Waals surface area contributed by atoms with E-state index in [1.165, 1.54) is 17.8 Å². The first-order valence-electron chi connectivity index (χ1n) is 5.21. The highest BCUT2D eigenvalue weighted by Gasteiger charge is 2.02. The van der Waals surface area contributed by atoms with Crippen molar-refractivity contribution in [3.63, 3.8) is 0 Å². The summed E-state index contributed by atoms with van der Waals surface area (Å²) in [5.41, 5.74) is 1.32. The van der Waals surface area contributed by atoms with Gasteiger partial charge in [-0.05, 0) is 23.8 Å². The molecular weight excluding hydrogens is 235 g/mol. The molecule has 0 spiro atoms. The summed E-state index contributed by atoms with van der Waals surface area (Å²) < 4.78 is 13.4. The number of hydrogen-bond donors (Lipinski definition) is 0. The smallest absolute Gasteiger partial charge is 0.150 e. The van der Waals surface area contributed by atoms with Crippen molar-refractivity contribution in [3.8, 4) is 0 Å². The van der Waals surface area contributed by atoms with E-state index in [2.05, 4.69) is 0 Å². The Kier molecular flexibility index (Phi) is 3.94. The Morgan fingerprint density at radius 3 is 2.71 bits per heavy atom. The molecule has 0 aliphatic rings. The summed E-state index contributed by atoms with van der Waals surface area (Å²) >= 11 is 1.52. The first-order chi connectivity index (χ1) is 8.29. The highest BCUT2D eigenvalue weighted by atomic mass is 32.2. The quantitative estimate of drug-likeness (QED) is 0.600. The molecule has 0 fully saturated rings. The van der Waals surface area contributed by atoms with Crippen LogP contribution in [-0.2, 0) is 5.75 Å². The van der Waals surface area contributed by atoms with E-state index in [4.69, 9.17) is 0 Å². The van der Waals surface area contributed by atoms with Gasteiger partial charge in [-0.25, -0.2) is 4.39 Å². The predicted octanol–water partition coefficient (Wildman–Crippen LogP) is 3.93. The molecule has 86 valence electrons. The summed E-state index contributed by atoms with van der Waals surface area (Å²) in [4.78, 5) is 11.6. The molecule has 0 unspecified atom stereocenters. The van der Waals surface area contributed by atoms with Crippen molar-refractivity contribution in [1.82, 2.24) is 0 Å². The molecule has 0 radical (unpaired) electrons. The van der Waals surface area contributed by atoms with Crippen molar-refractivity contribution < 1.29 is 9.18 Å². The minimum absolute atomic E-state index is 0.188. The van der Waals surface area contributed by atoms with Crippen LogP contribution >= 0.6 is 11.8 Å². The Hall–Kier alpha value is -1.61. The van der Waals surface area contributed by atoms with Gasteiger partial charge >= 0.3 is 0 Å². The van der Waals surface area contributed by atoms with Crippen LogP contribution in [0.3, 0.4) is 0 Å². The average molecular weight is 246 g/mol. The fourth-order valence-electron chi connectivity index (χ4n) is 1.45. The van der Waals surface area contributed by atoms with E-state index in [-0.39, 0.29) is 5.82 Å². The molecule has 2 rings (SSSR count). The molecular formula is C14H11FOS. The summed E-state index contributed by atoms with van der Waals surface area (Å²) in [7, 11) is 0. The van der Waals surface area contributed by atoms with Crippen LogP contribution in [0.4, 0.5) is 4.39 Å². The van der Waals surface area contributed by atoms with E-state index in [1.807, 2.05) is 18.2 Å². The van der Waals surface area contributed by atoms with Crippen LogP contribution in [0.1, 0.15) is 15.9 Å². The molecule has 0 atom stereocenters. The molecule has 0 N–H and O–H groups in total. The lowest BCUT2D eigenvalue weighted by Gasteiger charge is -2.03. The van der Waals surface area contributed by atoms with Crippen molar-refractivity contribution in [3.05, 3.63) is 65.5 Å². The van der Waals surface area contributed by atoms with Gasteiger partial charge in [-0.1, -0.05) is 30.3 Å². The molecule has 2 aromatic carbocycles. The zero-order valence-electron chi connectivity index (χ0n) is 9.10. The summed E-state index contributed by atoms with van der Waals surface area (Å²) in [5, 5.41) is 0. The zero-order chi connectivity index (χ0) is 12.1. The van der Waals surface area contributed by atoms with E-state index in [0.717, 1.165) is 11.2 Å². The van der Waals surface area contributed by atoms with Crippen molar-refractivity contribution in [2.75, 3.05) is 0 Å². The summed E-state index contributed by atoms with van der Waals surface area (Å²) in [6.45, 7) is 0. The molecule has 0 saturated heterocycles. The maximum Gasteiger partial charge on any atom is 0.150 e. The molecule has 0 aliphatic carbocycles. The highest BCUT2D eigenvalue weighted by Crippen LogP contribution is 2.24. The molecule has 17 heavy (non-hydrogen) atoms. The highest BCUT2D eigenvalue weighted by molar-refractivity contribution is 7.98. The largest absolute Gasteiger partial charge is 0.298 e. The van der Waals surface area contributed by atoms with Crippen LogP contribution in [0.25, 0.3) is 0 Å². The van der Waals surface area contributed by atoms with Crippen molar-refractivity contribution in [1.29, 1.82) is 0 Å². The van der Waals surface area contributed by atoms with Gasteiger partial charge < -0.3 is 0 Å². The van der Waals surface area contributed by atoms with Gasteiger partial charge in [0, 0.05) is 16.2 Å². The van der Waals surface area contributed by atoms with Crippen LogP contribution in [0.15, 0.2) is 53.4 Å². The molecule has 0 aliphatic heterocycles. The SMILES string of the molecule is O=Cc1cccc(SCc2ccccc2F)c1. The number of carbonyl (C=O) groups is 1. The molecule has 0 aromatic heterocycles. The number of thioether (sulfide) groups is 1. The van der Waals surface area contributed by atoms with Gasteiger partial charge in [0.25, 0.3) is 0 Å². The van der Waals surface area contributed by atoms with Gasteiger partial charge in [0.15, 0.2) is 0 Å². The third-order valence-corrected chi connectivity index (χ3v) is 3.39. The number of aldehydes is 1. The van der Waals surface area contributed by atoms with Crippen molar-refractivity contribution in [2.45, 2.75) is 10.6 Å². The second-order valence-electron chi connectivity index (χ2n) is 3.57. The molecule has 0 heterocycles. The fourth-order valence-corrected chi connectivity index (χ4v) is 2.40. The minimum atomic E-state index is -0.188. The third kappa shape index (κ3) is 3.17. The lowest BCUT2D eigenvalue weighted by Crippen LogP contribution is -1.87. The average Bonchev–Trinajstić information content (AvgIpc) is 2.38. The monoisotopic (exact) mass is 246 g/mol. The Labute approximate surface area is 104 Å². The van der Waals surface area contributed by atoms with E-state index in [1.54, 1.807) is 24.3 Å². The second-order valence-corrected chi connectivity index (χ2v) is 4.62. The maximum atomic E-state index is 13.4. The van der Waals surface area contributed by atoms with Crippen molar-refractivity contribution >= 4 is 18.0 Å². The maximum absolute atomic E-state index is 13.4. The van der Waals surface area contributed by atoms with Gasteiger partial charge in [-0.15, -0.1) is 11.8 Å². The lowest BCUT2D eigenvalue weighted by molar-refractivity contribution is 0.112. The fraction of sp³-hybridized carbons (Fsp3) is 0.0714. The molecule has 0 bridgehead atoms. The number of rotatable bonds is 4. The predicted molar refractivity (Wildman–Crippen MR) is 67.8 cm³/mol. The molecule has 1 nitrogen and oxygen atoms in total. The van der Waals surface area contributed by atoms with Crippen LogP contribution in [0, 0.1) is 5.82 Å². The molecule has 2 aromatic rings. The van der Waals surface area contributed by atoms with E-state index in [0.29, 0.717) is 16.9 Å².